The minimum atomic E-state index is 0.348. The zero-order valence-corrected chi connectivity index (χ0v) is 9.23. The summed E-state index contributed by atoms with van der Waals surface area (Å²) >= 11 is 4.02. The number of rotatable bonds is 2. The number of nitrogens with zero attached hydrogens (tertiary/aromatic N) is 1. The van der Waals surface area contributed by atoms with Crippen molar-refractivity contribution < 1.29 is 0 Å². The van der Waals surface area contributed by atoms with Crippen molar-refractivity contribution in [2.75, 3.05) is 30.9 Å². The third-order valence-electron chi connectivity index (χ3n) is 2.27. The molecular weight excluding hydrogens is 174 g/mol. The molecule has 0 N–H and O–H groups in total. The van der Waals surface area contributed by atoms with Crippen molar-refractivity contribution in [1.82, 2.24) is 4.90 Å². The Morgan fingerprint density at radius 1 is 1.27 bits per heavy atom. The fourth-order valence-corrected chi connectivity index (χ4v) is 2.57. The Hall–Kier alpha value is 0.660. The highest BCUT2D eigenvalue weighted by atomic mass is 32.2. The van der Waals surface area contributed by atoms with Crippen LogP contribution in [0.15, 0.2) is 0 Å². The molecule has 1 aliphatic rings. The van der Waals surface area contributed by atoms with E-state index in [9.17, 15) is 0 Å². The zero-order chi connectivity index (χ0) is 8.32. The quantitative estimate of drug-likeness (QED) is 0.658. The molecule has 1 saturated heterocycles. The minimum Gasteiger partial charge on any atom is -0.288 e. The Bertz CT molecular complexity index is 119. The molecule has 1 aliphatic heterocycles. The van der Waals surface area contributed by atoms with E-state index in [0.717, 1.165) is 0 Å². The smallest absolute Gasteiger partial charge is 0.0610 e. The second-order valence-electron chi connectivity index (χ2n) is 3.25. The molecule has 0 atom stereocenters. The maximum absolute atomic E-state index is 2.58. The van der Waals surface area contributed by atoms with E-state index in [2.05, 4.69) is 36.8 Å². The second kappa shape index (κ2) is 4.06. The molecular formula is C8H17NS2. The zero-order valence-electron chi connectivity index (χ0n) is 7.59. The van der Waals surface area contributed by atoms with E-state index in [4.69, 9.17) is 0 Å². The highest BCUT2D eigenvalue weighted by Gasteiger charge is 2.26. The molecule has 11 heavy (non-hydrogen) atoms. The molecule has 0 aromatic rings. The van der Waals surface area contributed by atoms with E-state index in [1.54, 1.807) is 0 Å². The van der Waals surface area contributed by atoms with Crippen molar-refractivity contribution in [2.45, 2.75) is 18.7 Å². The van der Waals surface area contributed by atoms with Crippen LogP contribution >= 0.6 is 23.5 Å². The lowest BCUT2D eigenvalue weighted by Gasteiger charge is -2.39. The highest BCUT2D eigenvalue weighted by molar-refractivity contribution is 8.00. The van der Waals surface area contributed by atoms with Gasteiger partial charge in [0.2, 0.25) is 0 Å². The molecule has 0 spiro atoms. The SMILES string of the molecule is CSC(C)(C)N1CCSCC1. The molecule has 1 rings (SSSR count). The summed E-state index contributed by atoms with van der Waals surface area (Å²) in [6.45, 7) is 7.15. The minimum absolute atomic E-state index is 0.348. The Morgan fingerprint density at radius 3 is 2.27 bits per heavy atom. The van der Waals surface area contributed by atoms with Gasteiger partial charge in [-0.15, -0.1) is 11.8 Å². The summed E-state index contributed by atoms with van der Waals surface area (Å²) in [5.74, 6) is 2.62. The first-order valence-electron chi connectivity index (χ1n) is 4.05. The molecule has 0 aromatic carbocycles. The van der Waals surface area contributed by atoms with Crippen LogP contribution in [-0.4, -0.2) is 40.6 Å². The van der Waals surface area contributed by atoms with Crippen LogP contribution in [0.1, 0.15) is 13.8 Å². The van der Waals surface area contributed by atoms with E-state index in [1.165, 1.54) is 24.6 Å². The normalized spacial score (nSPS) is 22.1. The molecule has 0 saturated carbocycles. The van der Waals surface area contributed by atoms with Gasteiger partial charge in [0.25, 0.3) is 0 Å². The number of thioether (sulfide) groups is 2. The van der Waals surface area contributed by atoms with Crippen LogP contribution in [0.25, 0.3) is 0 Å². The third kappa shape index (κ3) is 2.56. The summed E-state index contributed by atoms with van der Waals surface area (Å²) in [5.41, 5.74) is 0. The Labute approximate surface area is 78.3 Å². The van der Waals surface area contributed by atoms with Crippen molar-refractivity contribution in [3.8, 4) is 0 Å². The van der Waals surface area contributed by atoms with Gasteiger partial charge in [-0.3, -0.25) is 4.90 Å². The number of hydrogen-bond acceptors (Lipinski definition) is 3. The Kier molecular flexibility index (Phi) is 3.59. The predicted molar refractivity (Wildman–Crippen MR) is 56.5 cm³/mol. The van der Waals surface area contributed by atoms with Crippen LogP contribution < -0.4 is 0 Å². The molecule has 1 heterocycles. The van der Waals surface area contributed by atoms with Crippen LogP contribution in [0.2, 0.25) is 0 Å². The van der Waals surface area contributed by atoms with Gasteiger partial charge in [-0.2, -0.15) is 11.8 Å². The van der Waals surface area contributed by atoms with Crippen molar-refractivity contribution in [2.24, 2.45) is 0 Å². The molecule has 1 fully saturated rings. The summed E-state index contributed by atoms with van der Waals surface area (Å²) in [7, 11) is 0. The molecule has 3 heteroatoms. The van der Waals surface area contributed by atoms with Crippen molar-refractivity contribution in [3.05, 3.63) is 0 Å². The van der Waals surface area contributed by atoms with Gasteiger partial charge in [0, 0.05) is 24.6 Å². The van der Waals surface area contributed by atoms with Crippen molar-refractivity contribution >= 4 is 23.5 Å². The van der Waals surface area contributed by atoms with E-state index in [0.29, 0.717) is 4.87 Å². The summed E-state index contributed by atoms with van der Waals surface area (Å²) in [6.07, 6.45) is 2.20. The second-order valence-corrected chi connectivity index (χ2v) is 5.88. The van der Waals surface area contributed by atoms with E-state index < -0.39 is 0 Å². The van der Waals surface area contributed by atoms with E-state index in [-0.39, 0.29) is 0 Å². The molecule has 0 amide bonds. The summed E-state index contributed by atoms with van der Waals surface area (Å²) in [5, 5.41) is 0. The van der Waals surface area contributed by atoms with Gasteiger partial charge in [-0.25, -0.2) is 0 Å². The van der Waals surface area contributed by atoms with Crippen molar-refractivity contribution in [3.63, 3.8) is 0 Å². The van der Waals surface area contributed by atoms with Crippen molar-refractivity contribution in [1.29, 1.82) is 0 Å². The monoisotopic (exact) mass is 191 g/mol. The summed E-state index contributed by atoms with van der Waals surface area (Å²) < 4.78 is 0. The fraction of sp³-hybridized carbons (Fsp3) is 1.00. The van der Waals surface area contributed by atoms with Crippen LogP contribution in [0.3, 0.4) is 0 Å². The predicted octanol–water partition coefficient (Wildman–Crippen LogP) is 2.13. The Morgan fingerprint density at radius 2 is 1.82 bits per heavy atom. The first kappa shape index (κ1) is 9.75. The topological polar surface area (TPSA) is 3.24 Å². The lowest BCUT2D eigenvalue weighted by molar-refractivity contribution is 0.218. The molecule has 0 bridgehead atoms. The lowest BCUT2D eigenvalue weighted by Crippen LogP contribution is -2.45. The first-order valence-corrected chi connectivity index (χ1v) is 6.43. The van der Waals surface area contributed by atoms with Crippen LogP contribution in [0.5, 0.6) is 0 Å². The van der Waals surface area contributed by atoms with Gasteiger partial charge in [-0.1, -0.05) is 0 Å². The maximum atomic E-state index is 2.58. The standard InChI is InChI=1S/C8H17NS2/c1-8(2,10-3)9-4-6-11-7-5-9/h4-7H2,1-3H3. The Balaban J connectivity index is 2.43. The summed E-state index contributed by atoms with van der Waals surface area (Å²) in [4.78, 5) is 2.93. The highest BCUT2D eigenvalue weighted by Crippen LogP contribution is 2.28. The third-order valence-corrected chi connectivity index (χ3v) is 4.47. The van der Waals surface area contributed by atoms with Gasteiger partial charge in [0.1, 0.15) is 0 Å². The van der Waals surface area contributed by atoms with Gasteiger partial charge in [-0.05, 0) is 20.1 Å². The lowest BCUT2D eigenvalue weighted by atomic mass is 10.3. The summed E-state index contributed by atoms with van der Waals surface area (Å²) in [6, 6.07) is 0. The largest absolute Gasteiger partial charge is 0.288 e. The molecule has 0 radical (unpaired) electrons. The molecule has 66 valence electrons. The molecule has 0 aliphatic carbocycles. The maximum Gasteiger partial charge on any atom is 0.0610 e. The van der Waals surface area contributed by atoms with Gasteiger partial charge in [0.15, 0.2) is 0 Å². The van der Waals surface area contributed by atoms with E-state index >= 15 is 0 Å². The van der Waals surface area contributed by atoms with Crippen LogP contribution in [-0.2, 0) is 0 Å². The van der Waals surface area contributed by atoms with Gasteiger partial charge in [0.05, 0.1) is 4.87 Å². The average Bonchev–Trinajstić information content (AvgIpc) is 2.06. The average molecular weight is 191 g/mol. The van der Waals surface area contributed by atoms with Crippen LogP contribution in [0.4, 0.5) is 0 Å². The van der Waals surface area contributed by atoms with Gasteiger partial charge < -0.3 is 0 Å². The fourth-order valence-electron chi connectivity index (χ4n) is 1.23. The molecule has 0 aromatic heterocycles. The first-order chi connectivity index (χ1) is 5.17. The van der Waals surface area contributed by atoms with Crippen LogP contribution in [0, 0.1) is 0 Å². The molecule has 1 nitrogen and oxygen atoms in total. The number of hydrogen-bond donors (Lipinski definition) is 0. The van der Waals surface area contributed by atoms with E-state index in [1.807, 2.05) is 11.8 Å². The van der Waals surface area contributed by atoms with Gasteiger partial charge >= 0.3 is 0 Å². The molecule has 0 unspecified atom stereocenters.